The van der Waals surface area contributed by atoms with Crippen molar-refractivity contribution in [2.75, 3.05) is 31.6 Å². The number of rotatable bonds is 7. The summed E-state index contributed by atoms with van der Waals surface area (Å²) in [4.78, 5) is 9.98. The highest BCUT2D eigenvalue weighted by Gasteiger charge is 2.03. The number of benzene rings is 1. The summed E-state index contributed by atoms with van der Waals surface area (Å²) in [5, 5.41) is 24.1. The third-order valence-corrected chi connectivity index (χ3v) is 2.09. The average molecular weight is 226 g/mol. The Morgan fingerprint density at radius 3 is 2.56 bits per heavy atom. The smallest absolute Gasteiger partial charge is 0.269 e. The molecule has 0 aliphatic heterocycles. The van der Waals surface area contributed by atoms with Crippen LogP contribution in [0.2, 0.25) is 0 Å². The molecule has 0 unspecified atom stereocenters. The first-order valence-corrected chi connectivity index (χ1v) is 5.15. The minimum Gasteiger partial charge on any atom is -0.391 e. The first-order valence-electron chi connectivity index (χ1n) is 5.15. The van der Waals surface area contributed by atoms with Crippen molar-refractivity contribution in [2.24, 2.45) is 0 Å². The molecule has 0 fully saturated rings. The molecule has 0 amide bonds. The maximum atomic E-state index is 10.4. The molecule has 6 heteroatoms. The second-order valence-corrected chi connectivity index (χ2v) is 3.32. The van der Waals surface area contributed by atoms with Crippen LogP contribution in [0.4, 0.5) is 11.4 Å². The molecule has 1 rings (SSSR count). The maximum absolute atomic E-state index is 10.4. The van der Waals surface area contributed by atoms with Gasteiger partial charge in [0.1, 0.15) is 0 Å². The molecule has 0 atom stereocenters. The van der Waals surface area contributed by atoms with E-state index in [4.69, 9.17) is 5.11 Å². The monoisotopic (exact) mass is 226 g/mol. The van der Waals surface area contributed by atoms with Gasteiger partial charge in [0.15, 0.2) is 0 Å². The van der Waals surface area contributed by atoms with Crippen LogP contribution in [0.1, 0.15) is 0 Å². The lowest BCUT2D eigenvalue weighted by molar-refractivity contribution is -0.653. The van der Waals surface area contributed by atoms with Crippen molar-refractivity contribution in [3.63, 3.8) is 0 Å². The van der Waals surface area contributed by atoms with E-state index in [-0.39, 0.29) is 12.3 Å². The van der Waals surface area contributed by atoms with E-state index in [0.29, 0.717) is 6.54 Å². The molecule has 16 heavy (non-hydrogen) atoms. The second kappa shape index (κ2) is 6.76. The van der Waals surface area contributed by atoms with Crippen LogP contribution in [0.5, 0.6) is 0 Å². The average Bonchev–Trinajstić information content (AvgIpc) is 2.29. The van der Waals surface area contributed by atoms with Gasteiger partial charge in [-0.2, -0.15) is 0 Å². The second-order valence-electron chi connectivity index (χ2n) is 3.32. The van der Waals surface area contributed by atoms with Crippen LogP contribution in [0.3, 0.4) is 0 Å². The van der Waals surface area contributed by atoms with Gasteiger partial charge in [-0.15, -0.1) is 0 Å². The minimum atomic E-state index is -0.418. The van der Waals surface area contributed by atoms with Gasteiger partial charge in [0, 0.05) is 17.8 Å². The molecule has 6 nitrogen and oxygen atoms in total. The third-order valence-electron chi connectivity index (χ3n) is 2.09. The first-order chi connectivity index (χ1) is 7.74. The number of non-ortho nitro benzene ring substituents is 1. The van der Waals surface area contributed by atoms with Crippen LogP contribution >= 0.6 is 0 Å². The molecule has 0 saturated heterocycles. The Balaban J connectivity index is 2.29. The van der Waals surface area contributed by atoms with Gasteiger partial charge in [-0.3, -0.25) is 10.1 Å². The summed E-state index contributed by atoms with van der Waals surface area (Å²) in [6.45, 7) is 2.49. The zero-order chi connectivity index (χ0) is 11.8. The fourth-order valence-corrected chi connectivity index (χ4v) is 1.26. The topological polar surface area (TPSA) is 92.0 Å². The fourth-order valence-electron chi connectivity index (χ4n) is 1.26. The number of nitro groups is 1. The molecule has 0 aromatic heterocycles. The van der Waals surface area contributed by atoms with Gasteiger partial charge in [0.05, 0.1) is 31.2 Å². The molecular weight excluding hydrogens is 210 g/mol. The van der Waals surface area contributed by atoms with Crippen LogP contribution in [-0.2, 0) is 0 Å². The standard InChI is InChI=1S/C10H15N3O3/c14-8-7-11-5-6-12-9-1-3-10(4-2-9)13(15)16/h1-4,11-12,14H,5-8H2/p+1. The van der Waals surface area contributed by atoms with Gasteiger partial charge in [0.25, 0.3) is 5.69 Å². The molecular formula is C10H16N3O3+. The normalized spacial score (nSPS) is 10.1. The van der Waals surface area contributed by atoms with Crippen molar-refractivity contribution < 1.29 is 15.3 Å². The van der Waals surface area contributed by atoms with Gasteiger partial charge < -0.3 is 15.7 Å². The first kappa shape index (κ1) is 12.4. The van der Waals surface area contributed by atoms with Crippen LogP contribution in [0, 0.1) is 10.1 Å². The highest BCUT2D eigenvalue weighted by molar-refractivity contribution is 5.48. The van der Waals surface area contributed by atoms with Crippen molar-refractivity contribution >= 4 is 11.4 Å². The molecule has 0 radical (unpaired) electrons. The van der Waals surface area contributed by atoms with Crippen LogP contribution in [0.25, 0.3) is 0 Å². The Bertz CT molecular complexity index is 327. The quantitative estimate of drug-likeness (QED) is 0.334. The van der Waals surface area contributed by atoms with Gasteiger partial charge in [-0.1, -0.05) is 0 Å². The van der Waals surface area contributed by atoms with E-state index in [1.807, 2.05) is 5.32 Å². The van der Waals surface area contributed by atoms with Crippen molar-refractivity contribution in [2.45, 2.75) is 0 Å². The lowest BCUT2D eigenvalue weighted by Crippen LogP contribution is -2.86. The van der Waals surface area contributed by atoms with Gasteiger partial charge in [0.2, 0.25) is 0 Å². The van der Waals surface area contributed by atoms with Crippen LogP contribution < -0.4 is 10.6 Å². The SMILES string of the molecule is O=[N+]([O-])c1ccc(NCC[NH2+]CCO)cc1. The fraction of sp³-hybridized carbons (Fsp3) is 0.400. The van der Waals surface area contributed by atoms with E-state index in [1.165, 1.54) is 12.1 Å². The Labute approximate surface area is 93.4 Å². The van der Waals surface area contributed by atoms with Crippen LogP contribution in [0.15, 0.2) is 24.3 Å². The van der Waals surface area contributed by atoms with Crippen molar-refractivity contribution in [3.8, 4) is 0 Å². The summed E-state index contributed by atoms with van der Waals surface area (Å²) in [6.07, 6.45) is 0. The number of nitrogens with zero attached hydrogens (tertiary/aromatic N) is 1. The van der Waals surface area contributed by atoms with Gasteiger partial charge in [-0.05, 0) is 12.1 Å². The summed E-state index contributed by atoms with van der Waals surface area (Å²) in [6, 6.07) is 6.31. The molecule has 0 bridgehead atoms. The van der Waals surface area contributed by atoms with Gasteiger partial charge in [-0.25, -0.2) is 0 Å². The Kier molecular flexibility index (Phi) is 5.24. The molecule has 0 aliphatic carbocycles. The third kappa shape index (κ3) is 4.24. The minimum absolute atomic E-state index is 0.0948. The van der Waals surface area contributed by atoms with Crippen LogP contribution in [-0.4, -0.2) is 36.3 Å². The van der Waals surface area contributed by atoms with E-state index in [1.54, 1.807) is 12.1 Å². The van der Waals surface area contributed by atoms with Gasteiger partial charge >= 0.3 is 0 Å². The molecule has 0 spiro atoms. The molecule has 88 valence electrons. The number of quaternary nitrogens is 1. The highest BCUT2D eigenvalue weighted by Crippen LogP contribution is 2.14. The summed E-state index contributed by atoms with van der Waals surface area (Å²) in [7, 11) is 0. The van der Waals surface area contributed by atoms with Crippen molar-refractivity contribution in [1.82, 2.24) is 0 Å². The number of hydrogen-bond donors (Lipinski definition) is 3. The lowest BCUT2D eigenvalue weighted by atomic mass is 10.3. The van der Waals surface area contributed by atoms with Crippen molar-refractivity contribution in [1.29, 1.82) is 0 Å². The zero-order valence-corrected chi connectivity index (χ0v) is 8.93. The van der Waals surface area contributed by atoms with Crippen molar-refractivity contribution in [3.05, 3.63) is 34.4 Å². The molecule has 1 aromatic rings. The number of nitrogens with two attached hydrogens (primary N) is 1. The molecule has 0 aliphatic rings. The summed E-state index contributed by atoms with van der Waals surface area (Å²) >= 11 is 0. The van der Waals surface area contributed by atoms with E-state index in [0.717, 1.165) is 18.8 Å². The number of aliphatic hydroxyl groups is 1. The highest BCUT2D eigenvalue weighted by atomic mass is 16.6. The Morgan fingerprint density at radius 1 is 1.31 bits per heavy atom. The number of anilines is 1. The summed E-state index contributed by atoms with van der Waals surface area (Å²) in [5.74, 6) is 0. The largest absolute Gasteiger partial charge is 0.391 e. The number of nitro benzene ring substituents is 1. The Morgan fingerprint density at radius 2 is 2.00 bits per heavy atom. The zero-order valence-electron chi connectivity index (χ0n) is 8.93. The number of hydrogen-bond acceptors (Lipinski definition) is 4. The summed E-state index contributed by atoms with van der Waals surface area (Å²) < 4.78 is 0. The Hall–Kier alpha value is -1.66. The molecule has 0 saturated carbocycles. The van der Waals surface area contributed by atoms with E-state index >= 15 is 0 Å². The lowest BCUT2D eigenvalue weighted by Gasteiger charge is -2.04. The predicted octanol–water partition coefficient (Wildman–Crippen LogP) is -0.438. The number of nitrogens with one attached hydrogen (secondary N) is 1. The molecule has 4 N–H and O–H groups in total. The van der Waals surface area contributed by atoms with E-state index in [9.17, 15) is 10.1 Å². The summed E-state index contributed by atoms with van der Waals surface area (Å²) in [5.41, 5.74) is 0.959. The number of aliphatic hydroxyl groups excluding tert-OH is 1. The maximum Gasteiger partial charge on any atom is 0.269 e. The predicted molar refractivity (Wildman–Crippen MR) is 60.3 cm³/mol. The van der Waals surface area contributed by atoms with E-state index < -0.39 is 4.92 Å². The molecule has 0 heterocycles. The van der Waals surface area contributed by atoms with E-state index in [2.05, 4.69) is 5.32 Å². The molecule has 1 aromatic carbocycles.